The third-order valence-corrected chi connectivity index (χ3v) is 7.22. The fourth-order valence-corrected chi connectivity index (χ4v) is 4.85. The molecular weight excluding hydrogens is 450 g/mol. The molecule has 0 spiro atoms. The number of nitrogens with one attached hydrogen (secondary N) is 1. The summed E-state index contributed by atoms with van der Waals surface area (Å²) in [5.74, 6) is -0.386. The predicted octanol–water partition coefficient (Wildman–Crippen LogP) is 3.79. The van der Waals surface area contributed by atoms with Gasteiger partial charge in [0.25, 0.3) is 15.9 Å². The van der Waals surface area contributed by atoms with Gasteiger partial charge in [0.1, 0.15) is 0 Å². The van der Waals surface area contributed by atoms with Crippen LogP contribution in [0.3, 0.4) is 0 Å². The summed E-state index contributed by atoms with van der Waals surface area (Å²) >= 11 is 6.23. The van der Waals surface area contributed by atoms with Crippen molar-refractivity contribution in [2.45, 2.75) is 38.0 Å². The van der Waals surface area contributed by atoms with E-state index in [1.165, 1.54) is 25.1 Å². The lowest BCUT2D eigenvalue weighted by molar-refractivity contribution is -0.130. The van der Waals surface area contributed by atoms with E-state index in [2.05, 4.69) is 11.6 Å². The van der Waals surface area contributed by atoms with Gasteiger partial charge in [0.2, 0.25) is 5.91 Å². The van der Waals surface area contributed by atoms with E-state index in [0.29, 0.717) is 31.9 Å². The van der Waals surface area contributed by atoms with Crippen molar-refractivity contribution in [3.63, 3.8) is 0 Å². The van der Waals surface area contributed by atoms with Crippen molar-refractivity contribution in [2.75, 3.05) is 30.9 Å². The molecule has 0 unspecified atom stereocenters. The lowest BCUT2D eigenvalue weighted by Crippen LogP contribution is -2.50. The number of hydrogen-bond donors (Lipinski definition) is 1. The molecule has 0 aromatic heterocycles. The monoisotopic (exact) mass is 477 g/mol. The number of hydrogen-bond acceptors (Lipinski definition) is 4. The molecule has 1 saturated heterocycles. The van der Waals surface area contributed by atoms with E-state index in [4.69, 9.17) is 11.6 Å². The van der Waals surface area contributed by atoms with Crippen LogP contribution in [0, 0.1) is 0 Å². The summed E-state index contributed by atoms with van der Waals surface area (Å²) in [7, 11) is -3.90. The predicted molar refractivity (Wildman–Crippen MR) is 125 cm³/mol. The van der Waals surface area contributed by atoms with Gasteiger partial charge in [-0.05, 0) is 48.7 Å². The van der Waals surface area contributed by atoms with Crippen molar-refractivity contribution in [1.82, 2.24) is 9.80 Å². The number of amides is 2. The Hall–Kier alpha value is -2.58. The fraction of sp³-hybridized carbons (Fsp3) is 0.391. The summed E-state index contributed by atoms with van der Waals surface area (Å²) in [6, 6.07) is 11.4. The molecule has 1 aliphatic rings. The molecule has 7 nitrogen and oxygen atoms in total. The molecule has 1 fully saturated rings. The zero-order valence-corrected chi connectivity index (χ0v) is 19.9. The third kappa shape index (κ3) is 5.81. The van der Waals surface area contributed by atoms with Crippen LogP contribution in [0.5, 0.6) is 0 Å². The molecule has 0 atom stereocenters. The Labute approximate surface area is 194 Å². The van der Waals surface area contributed by atoms with E-state index < -0.39 is 10.0 Å². The number of halogens is 1. The van der Waals surface area contributed by atoms with Gasteiger partial charge < -0.3 is 9.80 Å². The van der Waals surface area contributed by atoms with Gasteiger partial charge in [-0.15, -0.1) is 0 Å². The highest BCUT2D eigenvalue weighted by molar-refractivity contribution is 7.92. The summed E-state index contributed by atoms with van der Waals surface area (Å²) in [6.07, 6.45) is 3.13. The number of anilines is 1. The largest absolute Gasteiger partial charge is 0.339 e. The summed E-state index contributed by atoms with van der Waals surface area (Å²) < 4.78 is 28.4. The van der Waals surface area contributed by atoms with Crippen molar-refractivity contribution >= 4 is 39.1 Å². The third-order valence-electron chi connectivity index (χ3n) is 5.52. The van der Waals surface area contributed by atoms with Gasteiger partial charge in [0, 0.05) is 38.8 Å². The second-order valence-corrected chi connectivity index (χ2v) is 9.94. The van der Waals surface area contributed by atoms with Crippen LogP contribution >= 0.6 is 11.6 Å². The zero-order chi connectivity index (χ0) is 23.3. The Balaban J connectivity index is 1.75. The average molecular weight is 478 g/mol. The Morgan fingerprint density at radius 2 is 1.62 bits per heavy atom. The maximum Gasteiger partial charge on any atom is 0.261 e. The zero-order valence-electron chi connectivity index (χ0n) is 18.3. The lowest BCUT2D eigenvalue weighted by Gasteiger charge is -2.34. The van der Waals surface area contributed by atoms with Gasteiger partial charge in [-0.3, -0.25) is 14.3 Å². The van der Waals surface area contributed by atoms with Crippen LogP contribution in [-0.4, -0.2) is 56.2 Å². The van der Waals surface area contributed by atoms with E-state index in [9.17, 15) is 18.0 Å². The SMILES string of the molecule is CCCCc1ccc(NS(=O)(=O)c2ccc(Cl)c(C(=O)N3CCN(C(C)=O)CC3)c2)cc1. The minimum absolute atomic E-state index is 0.0345. The molecule has 1 aliphatic heterocycles. The van der Waals surface area contributed by atoms with Crippen LogP contribution in [-0.2, 0) is 21.2 Å². The van der Waals surface area contributed by atoms with Gasteiger partial charge in [-0.25, -0.2) is 8.42 Å². The van der Waals surface area contributed by atoms with E-state index in [1.807, 2.05) is 12.1 Å². The number of aryl methyl sites for hydroxylation is 1. The van der Waals surface area contributed by atoms with Gasteiger partial charge in [0.15, 0.2) is 0 Å². The van der Waals surface area contributed by atoms with Crippen molar-refractivity contribution in [1.29, 1.82) is 0 Å². The first-order valence-electron chi connectivity index (χ1n) is 10.7. The second kappa shape index (κ2) is 10.4. The topological polar surface area (TPSA) is 86.8 Å². The van der Waals surface area contributed by atoms with Crippen LogP contribution in [0.15, 0.2) is 47.4 Å². The highest BCUT2D eigenvalue weighted by Gasteiger charge is 2.26. The number of sulfonamides is 1. The molecule has 2 aromatic rings. The van der Waals surface area contributed by atoms with E-state index in [1.54, 1.807) is 21.9 Å². The van der Waals surface area contributed by atoms with Gasteiger partial charge in [-0.1, -0.05) is 37.1 Å². The van der Waals surface area contributed by atoms with Gasteiger partial charge in [-0.2, -0.15) is 0 Å². The first-order chi connectivity index (χ1) is 15.2. The summed E-state index contributed by atoms with van der Waals surface area (Å²) in [5, 5.41) is 0.184. The van der Waals surface area contributed by atoms with E-state index in [0.717, 1.165) is 24.8 Å². The van der Waals surface area contributed by atoms with Crippen molar-refractivity contribution in [3.05, 3.63) is 58.6 Å². The first kappa shape index (κ1) is 24.1. The molecular formula is C23H28ClN3O4S. The normalized spacial score (nSPS) is 14.3. The van der Waals surface area contributed by atoms with Crippen LogP contribution in [0.4, 0.5) is 5.69 Å². The molecule has 3 rings (SSSR count). The molecule has 0 bridgehead atoms. The number of benzene rings is 2. The summed E-state index contributed by atoms with van der Waals surface area (Å²) in [5.41, 5.74) is 1.73. The Morgan fingerprint density at radius 3 is 2.22 bits per heavy atom. The molecule has 2 amide bonds. The molecule has 1 heterocycles. The molecule has 0 saturated carbocycles. The van der Waals surface area contributed by atoms with Crippen molar-refractivity contribution in [2.24, 2.45) is 0 Å². The van der Waals surface area contributed by atoms with Crippen LogP contribution in [0.2, 0.25) is 5.02 Å². The second-order valence-electron chi connectivity index (χ2n) is 7.85. The molecule has 0 aliphatic carbocycles. The summed E-state index contributed by atoms with van der Waals surface area (Å²) in [4.78, 5) is 27.7. The fourth-order valence-electron chi connectivity index (χ4n) is 3.56. The summed E-state index contributed by atoms with van der Waals surface area (Å²) in [6.45, 7) is 5.23. The van der Waals surface area contributed by atoms with Gasteiger partial charge in [0.05, 0.1) is 15.5 Å². The molecule has 0 radical (unpaired) electrons. The minimum Gasteiger partial charge on any atom is -0.339 e. The molecule has 172 valence electrons. The maximum atomic E-state index is 13.0. The Kier molecular flexibility index (Phi) is 7.79. The number of piperazine rings is 1. The van der Waals surface area contributed by atoms with Crippen molar-refractivity contribution < 1.29 is 18.0 Å². The highest BCUT2D eigenvalue weighted by atomic mass is 35.5. The van der Waals surface area contributed by atoms with Crippen LogP contribution in [0.25, 0.3) is 0 Å². The first-order valence-corrected chi connectivity index (χ1v) is 12.5. The number of unbranched alkanes of at least 4 members (excludes halogenated alkanes) is 1. The van der Waals surface area contributed by atoms with Crippen LogP contribution < -0.4 is 4.72 Å². The van der Waals surface area contributed by atoms with Crippen molar-refractivity contribution in [3.8, 4) is 0 Å². The minimum atomic E-state index is -3.90. The van der Waals surface area contributed by atoms with Crippen LogP contribution in [0.1, 0.15) is 42.6 Å². The standard InChI is InChI=1S/C23H28ClN3O4S/c1-3-4-5-18-6-8-19(9-7-18)25-32(30,31)20-10-11-22(24)21(16-20)23(29)27-14-12-26(13-15-27)17(2)28/h6-11,16,25H,3-5,12-15H2,1-2H3. The molecule has 9 heteroatoms. The molecule has 1 N–H and O–H groups in total. The number of nitrogens with zero attached hydrogens (tertiary/aromatic N) is 2. The van der Waals surface area contributed by atoms with E-state index >= 15 is 0 Å². The maximum absolute atomic E-state index is 13.0. The van der Waals surface area contributed by atoms with Gasteiger partial charge >= 0.3 is 0 Å². The molecule has 2 aromatic carbocycles. The van der Waals surface area contributed by atoms with E-state index in [-0.39, 0.29) is 27.3 Å². The average Bonchev–Trinajstić information content (AvgIpc) is 2.78. The smallest absolute Gasteiger partial charge is 0.261 e. The molecule has 32 heavy (non-hydrogen) atoms. The Morgan fingerprint density at radius 1 is 1.00 bits per heavy atom. The Bertz CT molecular complexity index is 1080. The number of carbonyl (C=O) groups is 2. The number of carbonyl (C=O) groups excluding carboxylic acids is 2. The number of rotatable bonds is 7. The quantitative estimate of drug-likeness (QED) is 0.657. The highest BCUT2D eigenvalue weighted by Crippen LogP contribution is 2.24. The lowest BCUT2D eigenvalue weighted by atomic mass is 10.1.